The van der Waals surface area contributed by atoms with Crippen LogP contribution in [-0.4, -0.2) is 17.8 Å². The van der Waals surface area contributed by atoms with Gasteiger partial charge in [-0.3, -0.25) is 4.79 Å². The van der Waals surface area contributed by atoms with Gasteiger partial charge >= 0.3 is 0 Å². The van der Waals surface area contributed by atoms with Gasteiger partial charge in [0.25, 0.3) is 0 Å². The number of anilines is 1. The second-order valence-electron chi connectivity index (χ2n) is 3.01. The first-order valence-electron chi connectivity index (χ1n) is 4.50. The van der Waals surface area contributed by atoms with Crippen molar-refractivity contribution in [3.8, 4) is 0 Å². The predicted molar refractivity (Wildman–Crippen MR) is 53.5 cm³/mol. The molecule has 1 N–H and O–H groups in total. The van der Waals surface area contributed by atoms with Crippen LogP contribution in [0.25, 0.3) is 0 Å². The van der Waals surface area contributed by atoms with Crippen molar-refractivity contribution < 1.29 is 24.6 Å². The minimum Gasteiger partial charge on any atom is -0.545 e. The highest BCUT2D eigenvalue weighted by atomic mass is 16.4. The van der Waals surface area contributed by atoms with Crippen LogP contribution in [0, 0.1) is 0 Å². The Balaban J connectivity index is 2.66. The van der Waals surface area contributed by atoms with Crippen molar-refractivity contribution in [2.75, 3.05) is 5.32 Å². The van der Waals surface area contributed by atoms with Crippen LogP contribution in [0.4, 0.5) is 5.69 Å². The average molecular weight is 233 g/mol. The summed E-state index contributed by atoms with van der Waals surface area (Å²) in [6, 6.07) is 5.23. The van der Waals surface area contributed by atoms with Gasteiger partial charge in [-0.15, -0.1) is 0 Å². The van der Waals surface area contributed by atoms with E-state index in [-0.39, 0.29) is 5.56 Å². The third-order valence-corrected chi connectivity index (χ3v) is 1.76. The molecule has 1 aromatic carbocycles. The van der Waals surface area contributed by atoms with Crippen molar-refractivity contribution in [2.24, 2.45) is 0 Å². The van der Waals surface area contributed by atoms with Crippen molar-refractivity contribution in [1.82, 2.24) is 0 Å². The lowest BCUT2D eigenvalue weighted by Crippen LogP contribution is -2.22. The maximum absolute atomic E-state index is 11.1. The zero-order valence-corrected chi connectivity index (χ0v) is 8.51. The summed E-state index contributed by atoms with van der Waals surface area (Å²) in [5, 5.41) is 22.8. The number of aliphatic carboxylic acids is 1. The van der Waals surface area contributed by atoms with Crippen molar-refractivity contribution in [3.63, 3.8) is 0 Å². The molecule has 0 saturated heterocycles. The van der Waals surface area contributed by atoms with Gasteiger partial charge in [-0.25, -0.2) is 0 Å². The van der Waals surface area contributed by atoms with Crippen LogP contribution in [0.5, 0.6) is 0 Å². The number of aromatic carboxylic acids is 1. The van der Waals surface area contributed by atoms with Gasteiger partial charge in [-0.1, -0.05) is 12.1 Å². The smallest absolute Gasteiger partial charge is 0.248 e. The molecule has 0 unspecified atom stereocenters. The van der Waals surface area contributed by atoms with Gasteiger partial charge in [-0.2, -0.15) is 0 Å². The van der Waals surface area contributed by atoms with Crippen LogP contribution in [0.1, 0.15) is 10.4 Å². The van der Waals surface area contributed by atoms with E-state index in [0.717, 1.165) is 6.08 Å². The molecule has 0 saturated carbocycles. The number of amides is 1. The summed E-state index contributed by atoms with van der Waals surface area (Å²) in [6.45, 7) is 0. The topological polar surface area (TPSA) is 109 Å². The molecule has 0 aromatic heterocycles. The van der Waals surface area contributed by atoms with Gasteiger partial charge < -0.3 is 25.1 Å². The number of nitrogens with one attached hydrogen (secondary N) is 1. The standard InChI is InChI=1S/C11H9NO5/c13-9(5-6-10(14)15)12-8-3-1-7(2-4-8)11(16)17/h1-6H,(H,12,13)(H,14,15)(H,16,17)/p-2/b6-5-. The molecule has 88 valence electrons. The lowest BCUT2D eigenvalue weighted by molar-refractivity contribution is -0.297. The summed E-state index contributed by atoms with van der Waals surface area (Å²) >= 11 is 0. The Bertz CT molecular complexity index is 475. The lowest BCUT2D eigenvalue weighted by Gasteiger charge is -2.05. The fourth-order valence-electron chi connectivity index (χ4n) is 1.02. The Morgan fingerprint density at radius 1 is 1.00 bits per heavy atom. The molecule has 0 fully saturated rings. The van der Waals surface area contributed by atoms with Crippen molar-refractivity contribution in [1.29, 1.82) is 0 Å². The van der Waals surface area contributed by atoms with E-state index >= 15 is 0 Å². The Labute approximate surface area is 96.2 Å². The van der Waals surface area contributed by atoms with Crippen molar-refractivity contribution >= 4 is 23.5 Å². The fraction of sp³-hybridized carbons (Fsp3) is 0. The van der Waals surface area contributed by atoms with Crippen molar-refractivity contribution in [2.45, 2.75) is 0 Å². The molecule has 1 amide bonds. The van der Waals surface area contributed by atoms with E-state index in [1.807, 2.05) is 0 Å². The van der Waals surface area contributed by atoms with Crippen LogP contribution in [-0.2, 0) is 9.59 Å². The fourth-order valence-corrected chi connectivity index (χ4v) is 1.02. The summed E-state index contributed by atoms with van der Waals surface area (Å²) < 4.78 is 0. The van der Waals surface area contributed by atoms with Crippen LogP contribution in [0.15, 0.2) is 36.4 Å². The molecule has 17 heavy (non-hydrogen) atoms. The summed E-state index contributed by atoms with van der Waals surface area (Å²) in [5.74, 6) is -3.46. The summed E-state index contributed by atoms with van der Waals surface area (Å²) in [6.07, 6.45) is 1.38. The van der Waals surface area contributed by atoms with E-state index in [2.05, 4.69) is 5.32 Å². The molecule has 0 bridgehead atoms. The lowest BCUT2D eigenvalue weighted by atomic mass is 10.2. The number of carboxylic acids is 2. The molecule has 0 atom stereocenters. The second-order valence-corrected chi connectivity index (χ2v) is 3.01. The Morgan fingerprint density at radius 2 is 1.59 bits per heavy atom. The zero-order valence-electron chi connectivity index (χ0n) is 8.51. The van der Waals surface area contributed by atoms with Gasteiger partial charge in [0.15, 0.2) is 0 Å². The summed E-state index contributed by atoms with van der Waals surface area (Å²) in [4.78, 5) is 31.6. The maximum Gasteiger partial charge on any atom is 0.248 e. The monoisotopic (exact) mass is 233 g/mol. The van der Waals surface area contributed by atoms with Gasteiger partial charge in [0.1, 0.15) is 0 Å². The van der Waals surface area contributed by atoms with Gasteiger partial charge in [-0.05, 0) is 23.8 Å². The van der Waals surface area contributed by atoms with E-state index < -0.39 is 17.8 Å². The van der Waals surface area contributed by atoms with E-state index in [0.29, 0.717) is 11.8 Å². The largest absolute Gasteiger partial charge is 0.545 e. The molecule has 1 rings (SSSR count). The SMILES string of the molecule is O=C([O-])/C=C\C(=O)Nc1ccc(C(=O)[O-])cc1. The minimum absolute atomic E-state index is 0.0201. The Kier molecular flexibility index (Phi) is 3.99. The Morgan fingerprint density at radius 3 is 2.06 bits per heavy atom. The first kappa shape index (κ1) is 12.4. The number of carboxylic acid groups (broad SMARTS) is 2. The minimum atomic E-state index is -1.48. The molecule has 0 spiro atoms. The highest BCUT2D eigenvalue weighted by Crippen LogP contribution is 2.08. The average Bonchev–Trinajstić information content (AvgIpc) is 2.27. The van der Waals surface area contributed by atoms with Crippen LogP contribution in [0.3, 0.4) is 0 Å². The molecular formula is C11H7NO5-2. The number of carbonyl (C=O) groups excluding carboxylic acids is 3. The first-order chi connectivity index (χ1) is 7.99. The van der Waals surface area contributed by atoms with E-state index in [1.165, 1.54) is 24.3 Å². The number of carbonyl (C=O) groups is 3. The molecule has 6 heteroatoms. The van der Waals surface area contributed by atoms with E-state index in [9.17, 15) is 24.6 Å². The predicted octanol–water partition coefficient (Wildman–Crippen LogP) is -1.71. The van der Waals surface area contributed by atoms with Crippen LogP contribution >= 0.6 is 0 Å². The number of benzene rings is 1. The highest BCUT2D eigenvalue weighted by molar-refractivity contribution is 6.02. The van der Waals surface area contributed by atoms with E-state index in [4.69, 9.17) is 0 Å². The highest BCUT2D eigenvalue weighted by Gasteiger charge is 1.98. The van der Waals surface area contributed by atoms with Gasteiger partial charge in [0.2, 0.25) is 5.91 Å². The molecule has 0 heterocycles. The third-order valence-electron chi connectivity index (χ3n) is 1.76. The normalized spacial score (nSPS) is 10.1. The maximum atomic E-state index is 11.1. The third kappa shape index (κ3) is 4.17. The first-order valence-corrected chi connectivity index (χ1v) is 4.50. The molecule has 0 aliphatic carbocycles. The van der Waals surface area contributed by atoms with Crippen molar-refractivity contribution in [3.05, 3.63) is 42.0 Å². The molecule has 0 aliphatic rings. The number of hydrogen-bond acceptors (Lipinski definition) is 5. The molecular weight excluding hydrogens is 226 g/mol. The second kappa shape index (κ2) is 5.45. The molecule has 6 nitrogen and oxygen atoms in total. The van der Waals surface area contributed by atoms with Crippen LogP contribution < -0.4 is 15.5 Å². The van der Waals surface area contributed by atoms with Crippen LogP contribution in [0.2, 0.25) is 0 Å². The van der Waals surface area contributed by atoms with Gasteiger partial charge in [0.05, 0.1) is 11.9 Å². The van der Waals surface area contributed by atoms with Gasteiger partial charge in [0, 0.05) is 11.8 Å². The number of hydrogen-bond donors (Lipinski definition) is 1. The quantitative estimate of drug-likeness (QED) is 0.623. The molecule has 0 aliphatic heterocycles. The number of rotatable bonds is 4. The molecule has 1 aromatic rings. The zero-order chi connectivity index (χ0) is 12.8. The summed E-state index contributed by atoms with van der Waals surface area (Å²) in [7, 11) is 0. The Hall–Kier alpha value is -2.63. The summed E-state index contributed by atoms with van der Waals surface area (Å²) in [5.41, 5.74) is 0.316. The molecule has 0 radical (unpaired) electrons. The van der Waals surface area contributed by atoms with E-state index in [1.54, 1.807) is 0 Å².